The first-order chi connectivity index (χ1) is 27.7. The van der Waals surface area contributed by atoms with Gasteiger partial charge >= 0.3 is 0 Å². The van der Waals surface area contributed by atoms with E-state index in [2.05, 4.69) is 133 Å². The van der Waals surface area contributed by atoms with E-state index < -0.39 is 0 Å². The summed E-state index contributed by atoms with van der Waals surface area (Å²) in [6.07, 6.45) is 0. The summed E-state index contributed by atoms with van der Waals surface area (Å²) in [5, 5.41) is 4.30. The molecule has 11 aromatic rings. The topological polar surface area (TPSA) is 65.0 Å². The van der Waals surface area contributed by atoms with Gasteiger partial charge in [-0.15, -0.1) is 0 Å². The van der Waals surface area contributed by atoms with Crippen LogP contribution in [0.5, 0.6) is 0 Å². The summed E-state index contributed by atoms with van der Waals surface area (Å²) in [6, 6.07) is 64.6. The Kier molecular flexibility index (Phi) is 7.42. The Morgan fingerprint density at radius 1 is 0.268 bits per heavy atom. The first kappa shape index (κ1) is 31.9. The van der Waals surface area contributed by atoms with Gasteiger partial charge in [0, 0.05) is 43.8 Å². The lowest BCUT2D eigenvalue weighted by atomic mass is 9.93. The largest absolute Gasteiger partial charge is 0.456 e. The van der Waals surface area contributed by atoms with Crippen LogP contribution in [0, 0.1) is 0 Å². The zero-order valence-corrected chi connectivity index (χ0v) is 30.1. The standard InChI is InChI=1S/C51H31N3O2/c1-3-12-32(13-4-1)33-22-24-35(25-23-33)50-52-49(34-14-5-2-6-15-34)53-51(54-50)37-26-28-41-44-30-36(27-29-46(44)55-47(41)31-37)38-16-7-8-17-39(38)42-19-11-20-43-40-18-9-10-21-45(40)56-48(42)43/h1-31H. The summed E-state index contributed by atoms with van der Waals surface area (Å²) in [5.41, 5.74) is 12.8. The number of aromatic nitrogens is 3. The Hall–Kier alpha value is -7.63. The molecule has 3 heterocycles. The molecule has 0 N–H and O–H groups in total. The molecule has 0 saturated heterocycles. The highest BCUT2D eigenvalue weighted by Gasteiger charge is 2.18. The van der Waals surface area contributed by atoms with Crippen LogP contribution in [-0.2, 0) is 0 Å². The van der Waals surface area contributed by atoms with Crippen molar-refractivity contribution >= 4 is 43.9 Å². The van der Waals surface area contributed by atoms with Crippen LogP contribution in [-0.4, -0.2) is 15.0 Å². The Balaban J connectivity index is 0.997. The van der Waals surface area contributed by atoms with Gasteiger partial charge in [-0.05, 0) is 58.1 Å². The maximum atomic E-state index is 6.51. The highest BCUT2D eigenvalue weighted by Crippen LogP contribution is 2.41. The number of nitrogens with zero attached hydrogens (tertiary/aromatic N) is 3. The molecule has 5 nitrogen and oxygen atoms in total. The van der Waals surface area contributed by atoms with Crippen molar-refractivity contribution in [3.63, 3.8) is 0 Å². The minimum atomic E-state index is 0.581. The molecule has 0 radical (unpaired) electrons. The summed E-state index contributed by atoms with van der Waals surface area (Å²) in [6.45, 7) is 0. The van der Waals surface area contributed by atoms with Gasteiger partial charge in [0.1, 0.15) is 22.3 Å². The molecule has 56 heavy (non-hydrogen) atoms. The molecule has 262 valence electrons. The van der Waals surface area contributed by atoms with Gasteiger partial charge in [-0.1, -0.05) is 158 Å². The lowest BCUT2D eigenvalue weighted by molar-refractivity contribution is 0.669. The van der Waals surface area contributed by atoms with E-state index in [0.29, 0.717) is 17.5 Å². The molecule has 0 bridgehead atoms. The zero-order valence-electron chi connectivity index (χ0n) is 30.1. The molecule has 0 saturated carbocycles. The van der Waals surface area contributed by atoms with E-state index in [1.807, 2.05) is 54.6 Å². The third-order valence-corrected chi connectivity index (χ3v) is 10.6. The van der Waals surface area contributed by atoms with Gasteiger partial charge in [-0.3, -0.25) is 0 Å². The molecule has 3 aromatic heterocycles. The summed E-state index contributed by atoms with van der Waals surface area (Å²) in [5.74, 6) is 1.81. The normalized spacial score (nSPS) is 11.6. The van der Waals surface area contributed by atoms with Crippen LogP contribution >= 0.6 is 0 Å². The van der Waals surface area contributed by atoms with Crippen molar-refractivity contribution in [3.8, 4) is 67.5 Å². The lowest BCUT2D eigenvalue weighted by Gasteiger charge is -2.11. The first-order valence-corrected chi connectivity index (χ1v) is 18.7. The van der Waals surface area contributed by atoms with Crippen molar-refractivity contribution < 1.29 is 8.83 Å². The number of hydrogen-bond donors (Lipinski definition) is 0. The molecular formula is C51H31N3O2. The fourth-order valence-electron chi connectivity index (χ4n) is 7.81. The van der Waals surface area contributed by atoms with Crippen LogP contribution in [0.3, 0.4) is 0 Å². The van der Waals surface area contributed by atoms with E-state index in [0.717, 1.165) is 93.9 Å². The molecule has 0 aliphatic heterocycles. The van der Waals surface area contributed by atoms with Gasteiger partial charge < -0.3 is 8.83 Å². The third-order valence-electron chi connectivity index (χ3n) is 10.6. The fraction of sp³-hybridized carbons (Fsp3) is 0. The van der Waals surface area contributed by atoms with Gasteiger partial charge in [0.2, 0.25) is 0 Å². The predicted octanol–water partition coefficient (Wildman–Crippen LogP) is 13.7. The molecule has 5 heteroatoms. The van der Waals surface area contributed by atoms with E-state index in [-0.39, 0.29) is 0 Å². The van der Waals surface area contributed by atoms with Crippen LogP contribution in [0.25, 0.3) is 111 Å². The molecule has 0 aliphatic carbocycles. The number of hydrogen-bond acceptors (Lipinski definition) is 5. The number of fused-ring (bicyclic) bond motifs is 6. The number of benzene rings is 8. The molecule has 0 unspecified atom stereocenters. The first-order valence-electron chi connectivity index (χ1n) is 18.7. The molecule has 0 spiro atoms. The Labute approximate surface area is 322 Å². The van der Waals surface area contributed by atoms with Crippen molar-refractivity contribution in [2.75, 3.05) is 0 Å². The summed E-state index contributed by atoms with van der Waals surface area (Å²) in [4.78, 5) is 14.9. The molecule has 0 atom stereocenters. The lowest BCUT2D eigenvalue weighted by Crippen LogP contribution is -2.00. The monoisotopic (exact) mass is 717 g/mol. The van der Waals surface area contributed by atoms with Gasteiger partial charge in [0.05, 0.1) is 0 Å². The summed E-state index contributed by atoms with van der Waals surface area (Å²) >= 11 is 0. The SMILES string of the molecule is c1ccc(-c2ccc(-c3nc(-c4ccccc4)nc(-c4ccc5c(c4)oc4ccc(-c6ccccc6-c6cccc7c6oc6ccccc67)cc45)n3)cc2)cc1. The molecule has 0 amide bonds. The number of furan rings is 2. The van der Waals surface area contributed by atoms with E-state index in [9.17, 15) is 0 Å². The molecule has 11 rings (SSSR count). The van der Waals surface area contributed by atoms with Crippen LogP contribution in [0.1, 0.15) is 0 Å². The average Bonchev–Trinajstić information content (AvgIpc) is 3.85. The van der Waals surface area contributed by atoms with Gasteiger partial charge in [-0.2, -0.15) is 0 Å². The van der Waals surface area contributed by atoms with E-state index in [1.54, 1.807) is 0 Å². The number of para-hydroxylation sites is 2. The Bertz CT molecular complexity index is 3240. The molecule has 0 fully saturated rings. The average molecular weight is 718 g/mol. The van der Waals surface area contributed by atoms with E-state index >= 15 is 0 Å². The quantitative estimate of drug-likeness (QED) is 0.171. The van der Waals surface area contributed by atoms with Gasteiger partial charge in [0.15, 0.2) is 17.5 Å². The maximum absolute atomic E-state index is 6.51. The van der Waals surface area contributed by atoms with Crippen molar-refractivity contribution in [2.45, 2.75) is 0 Å². The van der Waals surface area contributed by atoms with Crippen molar-refractivity contribution in [2.24, 2.45) is 0 Å². The Morgan fingerprint density at radius 2 is 0.786 bits per heavy atom. The predicted molar refractivity (Wildman–Crippen MR) is 227 cm³/mol. The second kappa shape index (κ2) is 13.0. The third kappa shape index (κ3) is 5.45. The minimum absolute atomic E-state index is 0.581. The number of rotatable bonds is 6. The van der Waals surface area contributed by atoms with Gasteiger partial charge in [0.25, 0.3) is 0 Å². The van der Waals surface area contributed by atoms with Gasteiger partial charge in [-0.25, -0.2) is 15.0 Å². The van der Waals surface area contributed by atoms with Crippen LogP contribution < -0.4 is 0 Å². The van der Waals surface area contributed by atoms with Crippen molar-refractivity contribution in [1.29, 1.82) is 0 Å². The Morgan fingerprint density at radius 3 is 1.57 bits per heavy atom. The van der Waals surface area contributed by atoms with Crippen LogP contribution in [0.4, 0.5) is 0 Å². The van der Waals surface area contributed by atoms with Crippen LogP contribution in [0.2, 0.25) is 0 Å². The highest BCUT2D eigenvalue weighted by atomic mass is 16.3. The summed E-state index contributed by atoms with van der Waals surface area (Å²) in [7, 11) is 0. The smallest absolute Gasteiger partial charge is 0.164 e. The zero-order chi connectivity index (χ0) is 37.0. The van der Waals surface area contributed by atoms with E-state index in [1.165, 1.54) is 0 Å². The van der Waals surface area contributed by atoms with Crippen molar-refractivity contribution in [3.05, 3.63) is 188 Å². The molecular weight excluding hydrogens is 687 g/mol. The van der Waals surface area contributed by atoms with E-state index in [4.69, 9.17) is 23.8 Å². The highest BCUT2D eigenvalue weighted by molar-refractivity contribution is 6.11. The second-order valence-corrected chi connectivity index (χ2v) is 14.0. The van der Waals surface area contributed by atoms with Crippen molar-refractivity contribution in [1.82, 2.24) is 15.0 Å². The molecule has 8 aromatic carbocycles. The second-order valence-electron chi connectivity index (χ2n) is 14.0. The molecule has 0 aliphatic rings. The fourth-order valence-corrected chi connectivity index (χ4v) is 7.81. The minimum Gasteiger partial charge on any atom is -0.456 e. The summed E-state index contributed by atoms with van der Waals surface area (Å²) < 4.78 is 13.0. The maximum Gasteiger partial charge on any atom is 0.164 e. The van der Waals surface area contributed by atoms with Crippen LogP contribution in [0.15, 0.2) is 197 Å².